The average Bonchev–Trinajstić information content (AvgIpc) is 2.62. The van der Waals surface area contributed by atoms with Gasteiger partial charge in [-0.3, -0.25) is 14.9 Å². The average molecular weight is 226 g/mol. The lowest BCUT2D eigenvalue weighted by molar-refractivity contribution is -0.387. The van der Waals surface area contributed by atoms with Gasteiger partial charge in [-0.25, -0.2) is 0 Å². The molecule has 0 saturated carbocycles. The van der Waals surface area contributed by atoms with Gasteiger partial charge in [0.1, 0.15) is 4.70 Å². The van der Waals surface area contributed by atoms with E-state index in [9.17, 15) is 20.0 Å². The molecule has 0 saturated heterocycles. The molecule has 0 aliphatic rings. The molecule has 15 heavy (non-hydrogen) atoms. The SMILES string of the molecule is Cn1c(=O)c([N+](=O)[O-])c(O)c2sccc21. The van der Waals surface area contributed by atoms with Gasteiger partial charge in [0.05, 0.1) is 10.4 Å². The first-order valence-electron chi connectivity index (χ1n) is 3.97. The molecule has 6 nitrogen and oxygen atoms in total. The lowest BCUT2D eigenvalue weighted by atomic mass is 10.3. The number of aromatic nitrogens is 1. The summed E-state index contributed by atoms with van der Waals surface area (Å²) in [5.41, 5.74) is -1.08. The molecule has 0 aliphatic heterocycles. The molecule has 0 fully saturated rings. The molecule has 7 heteroatoms. The Morgan fingerprint density at radius 1 is 1.60 bits per heavy atom. The van der Waals surface area contributed by atoms with Crippen LogP contribution in [0.25, 0.3) is 10.2 Å². The van der Waals surface area contributed by atoms with Crippen LogP contribution in [0.3, 0.4) is 0 Å². The molecule has 78 valence electrons. The third-order valence-corrected chi connectivity index (χ3v) is 3.05. The molecule has 2 aromatic rings. The molecule has 2 rings (SSSR count). The van der Waals surface area contributed by atoms with Crippen LogP contribution in [0, 0.1) is 10.1 Å². The van der Waals surface area contributed by atoms with Crippen molar-refractivity contribution < 1.29 is 10.0 Å². The van der Waals surface area contributed by atoms with Gasteiger partial charge in [0.25, 0.3) is 0 Å². The third-order valence-electron chi connectivity index (χ3n) is 2.13. The van der Waals surface area contributed by atoms with Gasteiger partial charge in [-0.15, -0.1) is 11.3 Å². The summed E-state index contributed by atoms with van der Waals surface area (Å²) in [6.45, 7) is 0. The fraction of sp³-hybridized carbons (Fsp3) is 0.125. The van der Waals surface area contributed by atoms with E-state index in [0.717, 1.165) is 15.9 Å². The van der Waals surface area contributed by atoms with E-state index >= 15 is 0 Å². The van der Waals surface area contributed by atoms with Crippen LogP contribution in [-0.2, 0) is 7.05 Å². The second-order valence-corrected chi connectivity index (χ2v) is 3.87. The maximum atomic E-state index is 11.5. The van der Waals surface area contributed by atoms with Crippen LogP contribution in [0.15, 0.2) is 16.2 Å². The number of pyridine rings is 1. The van der Waals surface area contributed by atoms with Gasteiger partial charge in [-0.2, -0.15) is 0 Å². The summed E-state index contributed by atoms with van der Waals surface area (Å²) < 4.78 is 1.51. The molecule has 2 aromatic heterocycles. The van der Waals surface area contributed by atoms with Crippen LogP contribution in [0.2, 0.25) is 0 Å². The first-order chi connectivity index (χ1) is 7.04. The molecule has 1 N–H and O–H groups in total. The highest BCUT2D eigenvalue weighted by Gasteiger charge is 2.24. The van der Waals surface area contributed by atoms with Crippen LogP contribution >= 0.6 is 11.3 Å². The quantitative estimate of drug-likeness (QED) is 0.585. The van der Waals surface area contributed by atoms with Crippen LogP contribution in [0.5, 0.6) is 5.75 Å². The van der Waals surface area contributed by atoms with E-state index in [4.69, 9.17) is 0 Å². The van der Waals surface area contributed by atoms with E-state index < -0.39 is 21.9 Å². The van der Waals surface area contributed by atoms with Crippen molar-refractivity contribution >= 4 is 27.2 Å². The number of nitro groups is 1. The predicted octanol–water partition coefficient (Wildman–Crippen LogP) is 1.21. The Labute approximate surface area is 87.2 Å². The van der Waals surface area contributed by atoms with Crippen molar-refractivity contribution in [2.24, 2.45) is 7.05 Å². The van der Waals surface area contributed by atoms with Crippen molar-refractivity contribution in [3.8, 4) is 5.75 Å². The molecule has 2 heterocycles. The van der Waals surface area contributed by atoms with Crippen LogP contribution in [0.4, 0.5) is 5.69 Å². The standard InChI is InChI=1S/C8H6N2O4S/c1-9-4-2-3-15-7(4)6(11)5(8(9)12)10(13)14/h2-3,11H,1H3. The second kappa shape index (κ2) is 3.06. The number of fused-ring (bicyclic) bond motifs is 1. The van der Waals surface area contributed by atoms with Gasteiger partial charge >= 0.3 is 11.2 Å². The first-order valence-corrected chi connectivity index (χ1v) is 4.85. The number of aryl methyl sites for hydroxylation is 1. The minimum atomic E-state index is -0.864. The number of hydrogen-bond donors (Lipinski definition) is 1. The summed E-state index contributed by atoms with van der Waals surface area (Å²) in [5.74, 6) is -0.548. The Bertz CT molecular complexity index is 613. The number of rotatable bonds is 1. The van der Waals surface area contributed by atoms with Crippen molar-refractivity contribution in [3.63, 3.8) is 0 Å². The lowest BCUT2D eigenvalue weighted by Crippen LogP contribution is -2.19. The van der Waals surface area contributed by atoms with Gasteiger partial charge in [0, 0.05) is 7.05 Å². The molecule has 0 radical (unpaired) electrons. The molecule has 0 unspecified atom stereocenters. The maximum Gasteiger partial charge on any atom is 0.376 e. The van der Waals surface area contributed by atoms with Crippen molar-refractivity contribution in [2.45, 2.75) is 0 Å². The monoisotopic (exact) mass is 226 g/mol. The number of hydrogen-bond acceptors (Lipinski definition) is 5. The van der Waals surface area contributed by atoms with Gasteiger partial charge in [0.15, 0.2) is 0 Å². The number of nitrogens with zero attached hydrogens (tertiary/aromatic N) is 2. The van der Waals surface area contributed by atoms with Crippen LogP contribution in [0.1, 0.15) is 0 Å². The molecular formula is C8H6N2O4S. The molecule has 0 aromatic carbocycles. The highest BCUT2D eigenvalue weighted by Crippen LogP contribution is 2.34. The molecule has 0 aliphatic carbocycles. The Morgan fingerprint density at radius 2 is 2.27 bits per heavy atom. The largest absolute Gasteiger partial charge is 0.501 e. The van der Waals surface area contributed by atoms with Crippen molar-refractivity contribution in [3.05, 3.63) is 31.9 Å². The van der Waals surface area contributed by atoms with E-state index in [1.165, 1.54) is 7.05 Å². The molecule has 0 bridgehead atoms. The highest BCUT2D eigenvalue weighted by atomic mass is 32.1. The summed E-state index contributed by atoms with van der Waals surface area (Å²) in [6, 6.07) is 1.63. The minimum absolute atomic E-state index is 0.351. The number of aromatic hydroxyl groups is 1. The summed E-state index contributed by atoms with van der Waals surface area (Å²) in [5, 5.41) is 21.8. The topological polar surface area (TPSA) is 85.4 Å². The summed E-state index contributed by atoms with van der Waals surface area (Å²) >= 11 is 1.15. The van der Waals surface area contributed by atoms with Gasteiger partial charge in [0.2, 0.25) is 5.75 Å². The van der Waals surface area contributed by atoms with Crippen LogP contribution < -0.4 is 5.56 Å². The molecule has 0 spiro atoms. The maximum absolute atomic E-state index is 11.5. The summed E-state index contributed by atoms with van der Waals surface area (Å²) in [7, 11) is 1.43. The summed E-state index contributed by atoms with van der Waals surface area (Å²) in [6.07, 6.45) is 0. The fourth-order valence-corrected chi connectivity index (χ4v) is 2.25. The second-order valence-electron chi connectivity index (χ2n) is 2.95. The first kappa shape index (κ1) is 9.66. The van der Waals surface area contributed by atoms with Crippen molar-refractivity contribution in [2.75, 3.05) is 0 Å². The molecule has 0 amide bonds. The van der Waals surface area contributed by atoms with E-state index in [1.807, 2.05) is 0 Å². The highest BCUT2D eigenvalue weighted by molar-refractivity contribution is 7.17. The minimum Gasteiger partial charge on any atom is -0.501 e. The zero-order valence-electron chi connectivity index (χ0n) is 7.63. The van der Waals surface area contributed by atoms with Crippen molar-refractivity contribution in [1.29, 1.82) is 0 Å². The van der Waals surface area contributed by atoms with E-state index in [0.29, 0.717) is 10.2 Å². The lowest BCUT2D eigenvalue weighted by Gasteiger charge is -2.02. The number of thiophene rings is 1. The molecule has 0 atom stereocenters. The van der Waals surface area contributed by atoms with Crippen LogP contribution in [-0.4, -0.2) is 14.6 Å². The zero-order valence-corrected chi connectivity index (χ0v) is 8.45. The third kappa shape index (κ3) is 1.20. The normalized spacial score (nSPS) is 10.7. The Morgan fingerprint density at radius 3 is 2.87 bits per heavy atom. The van der Waals surface area contributed by atoms with Crippen molar-refractivity contribution in [1.82, 2.24) is 4.57 Å². The van der Waals surface area contributed by atoms with Gasteiger partial charge in [-0.1, -0.05) is 0 Å². The summed E-state index contributed by atoms with van der Waals surface area (Å²) in [4.78, 5) is 21.2. The Kier molecular flexibility index (Phi) is 1.97. The van der Waals surface area contributed by atoms with E-state index in [1.54, 1.807) is 11.4 Å². The Balaban J connectivity index is 3.05. The van der Waals surface area contributed by atoms with E-state index in [-0.39, 0.29) is 0 Å². The smallest absolute Gasteiger partial charge is 0.376 e. The van der Waals surface area contributed by atoms with E-state index in [2.05, 4.69) is 0 Å². The molecular weight excluding hydrogens is 220 g/mol. The predicted molar refractivity (Wildman–Crippen MR) is 55.4 cm³/mol. The Hall–Kier alpha value is -1.89. The van der Waals surface area contributed by atoms with Gasteiger partial charge in [-0.05, 0) is 11.4 Å². The van der Waals surface area contributed by atoms with Gasteiger partial charge < -0.3 is 9.67 Å². The fourth-order valence-electron chi connectivity index (χ4n) is 1.39. The zero-order chi connectivity index (χ0) is 11.2.